The maximum atomic E-state index is 12.4. The van der Waals surface area contributed by atoms with Crippen molar-refractivity contribution in [2.24, 2.45) is 7.05 Å². The highest BCUT2D eigenvalue weighted by atomic mass is 79.9. The number of aryl methyl sites for hydroxylation is 1. The van der Waals surface area contributed by atoms with E-state index in [0.717, 1.165) is 21.5 Å². The van der Waals surface area contributed by atoms with E-state index in [-0.39, 0.29) is 24.3 Å². The molecule has 1 atom stereocenters. The molecule has 3 aromatic rings. The Morgan fingerprint density at radius 2 is 2.12 bits per heavy atom. The summed E-state index contributed by atoms with van der Waals surface area (Å²) < 4.78 is 14.0. The molecule has 0 radical (unpaired) electrons. The van der Waals surface area contributed by atoms with E-state index in [1.165, 1.54) is 0 Å². The van der Waals surface area contributed by atoms with Crippen LogP contribution in [-0.4, -0.2) is 15.7 Å². The second kappa shape index (κ2) is 7.78. The van der Waals surface area contributed by atoms with Crippen LogP contribution in [0.4, 0.5) is 0 Å². The third-order valence-electron chi connectivity index (χ3n) is 4.18. The van der Waals surface area contributed by atoms with Crippen LogP contribution in [0.2, 0.25) is 0 Å². The number of carbonyl (C=O) groups is 1. The quantitative estimate of drug-likeness (QED) is 0.653. The maximum Gasteiger partial charge on any atom is 0.287 e. The molecule has 2 heterocycles. The van der Waals surface area contributed by atoms with Gasteiger partial charge in [0.05, 0.1) is 16.7 Å². The van der Waals surface area contributed by atoms with Crippen molar-refractivity contribution >= 4 is 21.8 Å². The SMILES string of the molecule is Cc1c(C(C)NC(=O)c2ccc(COc3ccccc3Br)o2)cnn1C. The van der Waals surface area contributed by atoms with Gasteiger partial charge in [-0.3, -0.25) is 9.48 Å². The molecule has 0 aliphatic heterocycles. The fraction of sp³-hybridized carbons (Fsp3) is 0.263. The Labute approximate surface area is 160 Å². The van der Waals surface area contributed by atoms with Crippen molar-refractivity contribution < 1.29 is 13.9 Å². The molecule has 2 aromatic heterocycles. The number of furan rings is 1. The first-order chi connectivity index (χ1) is 12.5. The van der Waals surface area contributed by atoms with E-state index in [1.807, 2.05) is 45.2 Å². The van der Waals surface area contributed by atoms with Crippen molar-refractivity contribution in [1.29, 1.82) is 0 Å². The third-order valence-corrected chi connectivity index (χ3v) is 4.83. The first kappa shape index (κ1) is 18.3. The van der Waals surface area contributed by atoms with Gasteiger partial charge in [0.1, 0.15) is 18.1 Å². The van der Waals surface area contributed by atoms with E-state index < -0.39 is 0 Å². The average molecular weight is 418 g/mol. The summed E-state index contributed by atoms with van der Waals surface area (Å²) >= 11 is 3.43. The molecule has 0 aliphatic rings. The van der Waals surface area contributed by atoms with Crippen molar-refractivity contribution in [2.45, 2.75) is 26.5 Å². The smallest absolute Gasteiger partial charge is 0.287 e. The van der Waals surface area contributed by atoms with E-state index in [0.29, 0.717) is 5.76 Å². The monoisotopic (exact) mass is 417 g/mol. The topological polar surface area (TPSA) is 69.3 Å². The zero-order valence-electron chi connectivity index (χ0n) is 14.8. The number of hydrogen-bond acceptors (Lipinski definition) is 4. The number of para-hydroxylation sites is 1. The van der Waals surface area contributed by atoms with Crippen LogP contribution in [-0.2, 0) is 13.7 Å². The third kappa shape index (κ3) is 3.99. The fourth-order valence-corrected chi connectivity index (χ4v) is 2.97. The first-order valence-corrected chi connectivity index (χ1v) is 9.00. The van der Waals surface area contributed by atoms with Gasteiger partial charge in [0.15, 0.2) is 5.76 Å². The zero-order valence-corrected chi connectivity index (χ0v) is 16.4. The summed E-state index contributed by atoms with van der Waals surface area (Å²) in [5, 5.41) is 7.13. The van der Waals surface area contributed by atoms with Gasteiger partial charge in [0.25, 0.3) is 5.91 Å². The number of amides is 1. The number of nitrogens with zero attached hydrogens (tertiary/aromatic N) is 2. The van der Waals surface area contributed by atoms with Gasteiger partial charge in [0.2, 0.25) is 0 Å². The van der Waals surface area contributed by atoms with Crippen molar-refractivity contribution in [3.63, 3.8) is 0 Å². The number of rotatable bonds is 6. The van der Waals surface area contributed by atoms with Gasteiger partial charge in [-0.05, 0) is 54.0 Å². The molecular weight excluding hydrogens is 398 g/mol. The maximum absolute atomic E-state index is 12.4. The molecule has 0 spiro atoms. The minimum atomic E-state index is -0.270. The van der Waals surface area contributed by atoms with E-state index in [9.17, 15) is 4.79 Å². The lowest BCUT2D eigenvalue weighted by Crippen LogP contribution is -2.26. The Kier molecular flexibility index (Phi) is 5.46. The summed E-state index contributed by atoms with van der Waals surface area (Å²) in [5.74, 6) is 1.28. The van der Waals surface area contributed by atoms with Crippen LogP contribution < -0.4 is 10.1 Å². The molecule has 26 heavy (non-hydrogen) atoms. The molecule has 0 saturated heterocycles. The molecule has 0 bridgehead atoms. The van der Waals surface area contributed by atoms with E-state index in [2.05, 4.69) is 26.3 Å². The van der Waals surface area contributed by atoms with Gasteiger partial charge >= 0.3 is 0 Å². The number of hydrogen-bond donors (Lipinski definition) is 1. The number of carbonyl (C=O) groups excluding carboxylic acids is 1. The molecular formula is C19H20BrN3O3. The Morgan fingerprint density at radius 3 is 2.81 bits per heavy atom. The number of nitrogens with one attached hydrogen (secondary N) is 1. The lowest BCUT2D eigenvalue weighted by molar-refractivity contribution is 0.0907. The van der Waals surface area contributed by atoms with E-state index >= 15 is 0 Å². The highest BCUT2D eigenvalue weighted by Gasteiger charge is 2.18. The number of ether oxygens (including phenoxy) is 1. The number of benzene rings is 1. The summed E-state index contributed by atoms with van der Waals surface area (Å²) in [6.45, 7) is 4.13. The Bertz CT molecular complexity index is 916. The lowest BCUT2D eigenvalue weighted by atomic mass is 10.1. The van der Waals surface area contributed by atoms with E-state index in [4.69, 9.17) is 9.15 Å². The number of halogens is 1. The predicted molar refractivity (Wildman–Crippen MR) is 101 cm³/mol. The average Bonchev–Trinajstić information content (AvgIpc) is 3.22. The van der Waals surface area contributed by atoms with Gasteiger partial charge < -0.3 is 14.5 Å². The van der Waals surface area contributed by atoms with Crippen LogP contribution in [0.5, 0.6) is 5.75 Å². The van der Waals surface area contributed by atoms with Crippen LogP contribution in [0.15, 0.2) is 51.5 Å². The summed E-state index contributed by atoms with van der Waals surface area (Å²) in [6, 6.07) is 10.8. The van der Waals surface area contributed by atoms with Crippen molar-refractivity contribution in [3.8, 4) is 5.75 Å². The largest absolute Gasteiger partial charge is 0.484 e. The summed E-state index contributed by atoms with van der Waals surface area (Å²) in [5.41, 5.74) is 1.99. The van der Waals surface area contributed by atoms with Gasteiger partial charge in [-0.15, -0.1) is 0 Å². The van der Waals surface area contributed by atoms with Crippen LogP contribution >= 0.6 is 15.9 Å². The molecule has 3 rings (SSSR count). The minimum Gasteiger partial charge on any atom is -0.484 e. The second-order valence-electron chi connectivity index (χ2n) is 5.99. The molecule has 136 valence electrons. The Morgan fingerprint density at radius 1 is 1.35 bits per heavy atom. The molecule has 7 heteroatoms. The number of aromatic nitrogens is 2. The molecule has 1 unspecified atom stereocenters. The summed E-state index contributed by atoms with van der Waals surface area (Å²) in [4.78, 5) is 12.4. The molecule has 1 N–H and O–H groups in total. The van der Waals surface area contributed by atoms with Crippen LogP contribution in [0, 0.1) is 6.92 Å². The van der Waals surface area contributed by atoms with Crippen LogP contribution in [0.25, 0.3) is 0 Å². The van der Waals surface area contributed by atoms with Gasteiger partial charge in [-0.2, -0.15) is 5.10 Å². The molecule has 0 fully saturated rings. The predicted octanol–water partition coefficient (Wildman–Crippen LogP) is 4.15. The molecule has 1 amide bonds. The van der Waals surface area contributed by atoms with E-state index in [1.54, 1.807) is 23.0 Å². The lowest BCUT2D eigenvalue weighted by Gasteiger charge is -2.12. The fourth-order valence-electron chi connectivity index (χ4n) is 2.57. The normalized spacial score (nSPS) is 12.0. The van der Waals surface area contributed by atoms with Gasteiger partial charge in [-0.25, -0.2) is 0 Å². The van der Waals surface area contributed by atoms with Crippen LogP contribution in [0.3, 0.4) is 0 Å². The van der Waals surface area contributed by atoms with Gasteiger partial charge in [-0.1, -0.05) is 12.1 Å². The molecule has 1 aromatic carbocycles. The van der Waals surface area contributed by atoms with Crippen molar-refractivity contribution in [2.75, 3.05) is 0 Å². The summed E-state index contributed by atoms with van der Waals surface area (Å²) in [6.07, 6.45) is 1.76. The highest BCUT2D eigenvalue weighted by molar-refractivity contribution is 9.10. The van der Waals surface area contributed by atoms with Crippen LogP contribution in [0.1, 0.15) is 40.5 Å². The first-order valence-electron chi connectivity index (χ1n) is 8.21. The Hall–Kier alpha value is -2.54. The molecule has 6 nitrogen and oxygen atoms in total. The molecule has 0 aliphatic carbocycles. The highest BCUT2D eigenvalue weighted by Crippen LogP contribution is 2.25. The van der Waals surface area contributed by atoms with Crippen molar-refractivity contribution in [1.82, 2.24) is 15.1 Å². The standard InChI is InChI=1S/C19H20BrN3O3/c1-12(15-10-21-23(3)13(15)2)22-19(24)18-9-8-14(26-18)11-25-17-7-5-4-6-16(17)20/h4-10,12H,11H2,1-3H3,(H,22,24). The van der Waals surface area contributed by atoms with Gasteiger partial charge in [0, 0.05) is 18.3 Å². The second-order valence-corrected chi connectivity index (χ2v) is 6.84. The zero-order chi connectivity index (χ0) is 18.7. The van der Waals surface area contributed by atoms with Crippen molar-refractivity contribution in [3.05, 3.63) is 69.8 Å². The Balaban J connectivity index is 1.61. The summed E-state index contributed by atoms with van der Waals surface area (Å²) in [7, 11) is 1.87. The molecule has 0 saturated carbocycles. The minimum absolute atomic E-state index is 0.165.